The first kappa shape index (κ1) is 18.7. The lowest BCUT2D eigenvalue weighted by molar-refractivity contribution is -0.114. The van der Waals surface area contributed by atoms with Crippen molar-refractivity contribution in [3.8, 4) is 5.75 Å². The zero-order chi connectivity index (χ0) is 18.1. The number of carbonyl (C=O) groups excluding carboxylic acids is 3. The van der Waals surface area contributed by atoms with Gasteiger partial charge in [-0.2, -0.15) is 0 Å². The Hall–Kier alpha value is -3.30. The molecule has 1 aromatic rings. The quantitative estimate of drug-likeness (QED) is 0.564. The molecule has 0 aliphatic rings. The van der Waals surface area contributed by atoms with Gasteiger partial charge < -0.3 is 19.5 Å². The van der Waals surface area contributed by atoms with Crippen molar-refractivity contribution in [2.45, 2.75) is 6.92 Å². The molecule has 0 saturated carbocycles. The molecule has 0 fully saturated rings. The van der Waals surface area contributed by atoms with Crippen molar-refractivity contribution in [2.75, 3.05) is 26.6 Å². The minimum Gasteiger partial charge on any atom is -0.497 e. The Balaban J connectivity index is 3.27. The van der Waals surface area contributed by atoms with Gasteiger partial charge in [0.1, 0.15) is 5.75 Å². The number of alkyl carbamates (subject to hydrolysis) is 2. The predicted molar refractivity (Wildman–Crippen MR) is 85.5 cm³/mol. The first-order valence-corrected chi connectivity index (χ1v) is 6.63. The molecule has 24 heavy (non-hydrogen) atoms. The summed E-state index contributed by atoms with van der Waals surface area (Å²) in [6, 6.07) is 4.68. The van der Waals surface area contributed by atoms with Crippen LogP contribution in [0.5, 0.6) is 5.75 Å². The Morgan fingerprint density at radius 1 is 1.00 bits per heavy atom. The lowest BCUT2D eigenvalue weighted by atomic mass is 10.2. The van der Waals surface area contributed by atoms with Crippen LogP contribution in [0.15, 0.2) is 23.2 Å². The van der Waals surface area contributed by atoms with Crippen LogP contribution in [0.4, 0.5) is 21.0 Å². The number of aliphatic imine (C=N–C) groups is 1. The Kier molecular flexibility index (Phi) is 7.01. The van der Waals surface area contributed by atoms with Crippen molar-refractivity contribution in [1.29, 1.82) is 0 Å². The molecule has 3 amide bonds. The van der Waals surface area contributed by atoms with E-state index in [4.69, 9.17) is 4.74 Å². The van der Waals surface area contributed by atoms with Gasteiger partial charge >= 0.3 is 12.2 Å². The van der Waals surface area contributed by atoms with Gasteiger partial charge in [0, 0.05) is 13.0 Å². The summed E-state index contributed by atoms with van der Waals surface area (Å²) in [6.07, 6.45) is -1.71. The van der Waals surface area contributed by atoms with Gasteiger partial charge in [0.15, 0.2) is 0 Å². The van der Waals surface area contributed by atoms with Crippen molar-refractivity contribution in [1.82, 2.24) is 10.6 Å². The van der Waals surface area contributed by atoms with Gasteiger partial charge in [-0.3, -0.25) is 15.4 Å². The molecule has 10 heteroatoms. The molecule has 0 saturated heterocycles. The second-order valence-electron chi connectivity index (χ2n) is 4.26. The number of carbonyl (C=O) groups is 3. The molecule has 10 nitrogen and oxygen atoms in total. The molecule has 0 unspecified atom stereocenters. The van der Waals surface area contributed by atoms with Crippen molar-refractivity contribution in [3.63, 3.8) is 0 Å². The molecule has 1 rings (SSSR count). The van der Waals surface area contributed by atoms with Crippen LogP contribution in [-0.2, 0) is 14.3 Å². The number of hydrogen-bond donors (Lipinski definition) is 3. The van der Waals surface area contributed by atoms with Crippen LogP contribution in [0.25, 0.3) is 0 Å². The molecule has 0 aliphatic heterocycles. The Morgan fingerprint density at radius 3 is 2.04 bits per heavy atom. The number of rotatable bonds is 3. The van der Waals surface area contributed by atoms with Gasteiger partial charge in [0.2, 0.25) is 11.9 Å². The molecule has 0 radical (unpaired) electrons. The second kappa shape index (κ2) is 8.98. The summed E-state index contributed by atoms with van der Waals surface area (Å²) in [5, 5.41) is 7.02. The van der Waals surface area contributed by atoms with Crippen LogP contribution in [0, 0.1) is 0 Å². The largest absolute Gasteiger partial charge is 0.497 e. The Morgan fingerprint density at radius 2 is 1.58 bits per heavy atom. The molecule has 130 valence electrons. The minimum absolute atomic E-state index is 0.229. The van der Waals surface area contributed by atoms with Gasteiger partial charge in [-0.05, 0) is 12.1 Å². The highest BCUT2D eigenvalue weighted by atomic mass is 16.5. The number of nitrogens with zero attached hydrogens (tertiary/aromatic N) is 1. The molecule has 1 aromatic carbocycles. The number of guanidine groups is 1. The van der Waals surface area contributed by atoms with E-state index in [1.807, 2.05) is 0 Å². The summed E-state index contributed by atoms with van der Waals surface area (Å²) in [4.78, 5) is 38.1. The van der Waals surface area contributed by atoms with Gasteiger partial charge in [-0.25, -0.2) is 14.6 Å². The fraction of sp³-hybridized carbons (Fsp3) is 0.286. The maximum Gasteiger partial charge on any atom is 0.413 e. The van der Waals surface area contributed by atoms with E-state index in [1.54, 1.807) is 12.1 Å². The first-order valence-electron chi connectivity index (χ1n) is 6.63. The molecule has 0 aliphatic carbocycles. The van der Waals surface area contributed by atoms with Crippen LogP contribution in [0.2, 0.25) is 0 Å². The molecule has 0 spiro atoms. The number of nitrogens with one attached hydrogen (secondary N) is 3. The molecule has 0 heterocycles. The summed E-state index contributed by atoms with van der Waals surface area (Å²) in [5.41, 5.74) is 0.575. The van der Waals surface area contributed by atoms with E-state index in [-0.39, 0.29) is 17.6 Å². The number of methoxy groups -OCH3 is 3. The summed E-state index contributed by atoms with van der Waals surface area (Å²) < 4.78 is 14.0. The topological polar surface area (TPSA) is 127 Å². The zero-order valence-electron chi connectivity index (χ0n) is 13.6. The van der Waals surface area contributed by atoms with Crippen molar-refractivity contribution in [2.24, 2.45) is 4.99 Å². The molecule has 3 N–H and O–H groups in total. The summed E-state index contributed by atoms with van der Waals surface area (Å²) >= 11 is 0. The van der Waals surface area contributed by atoms with Crippen LogP contribution in [0.3, 0.4) is 0 Å². The highest BCUT2D eigenvalue weighted by Crippen LogP contribution is 2.29. The molecule has 0 bridgehead atoms. The standard InChI is InChI=1S/C14H18N4O6/c1-8(19)15-10-6-5-9(22-2)7-11(10)16-12(17-13(20)23-3)18-14(21)24-4/h5-7H,1-4H3,(H,15,19)(H2,16,17,18,20,21). The molecular weight excluding hydrogens is 320 g/mol. The normalized spacial score (nSPS) is 9.33. The highest BCUT2D eigenvalue weighted by molar-refractivity contribution is 6.03. The van der Waals surface area contributed by atoms with E-state index < -0.39 is 12.2 Å². The third-order valence-corrected chi connectivity index (χ3v) is 2.56. The van der Waals surface area contributed by atoms with Gasteiger partial charge in [-0.1, -0.05) is 0 Å². The number of amides is 3. The smallest absolute Gasteiger partial charge is 0.413 e. The second-order valence-corrected chi connectivity index (χ2v) is 4.26. The fourth-order valence-corrected chi connectivity index (χ4v) is 1.53. The average molecular weight is 338 g/mol. The van der Waals surface area contributed by atoms with Crippen LogP contribution in [-0.4, -0.2) is 45.4 Å². The Labute approximate surface area is 138 Å². The van der Waals surface area contributed by atoms with Crippen LogP contribution in [0.1, 0.15) is 6.92 Å². The van der Waals surface area contributed by atoms with E-state index in [0.717, 1.165) is 14.2 Å². The van der Waals surface area contributed by atoms with Gasteiger partial charge in [0.05, 0.1) is 32.7 Å². The maximum atomic E-state index is 11.4. The van der Waals surface area contributed by atoms with Crippen LogP contribution >= 0.6 is 0 Å². The zero-order valence-corrected chi connectivity index (χ0v) is 13.6. The van der Waals surface area contributed by atoms with Crippen molar-refractivity contribution < 1.29 is 28.6 Å². The lowest BCUT2D eigenvalue weighted by Gasteiger charge is -2.12. The number of ether oxygens (including phenoxy) is 3. The molecule has 0 aromatic heterocycles. The summed E-state index contributed by atoms with van der Waals surface area (Å²) in [7, 11) is 3.76. The monoisotopic (exact) mass is 338 g/mol. The van der Waals surface area contributed by atoms with Crippen molar-refractivity contribution in [3.05, 3.63) is 18.2 Å². The van der Waals surface area contributed by atoms with E-state index in [2.05, 4.69) is 30.4 Å². The summed E-state index contributed by atoms with van der Waals surface area (Å²) in [6.45, 7) is 1.33. The molecular formula is C14H18N4O6. The number of hydrogen-bond acceptors (Lipinski definition) is 7. The average Bonchev–Trinajstić information content (AvgIpc) is 2.55. The third kappa shape index (κ3) is 5.83. The van der Waals surface area contributed by atoms with E-state index >= 15 is 0 Å². The van der Waals surface area contributed by atoms with Crippen LogP contribution < -0.4 is 20.7 Å². The van der Waals surface area contributed by atoms with E-state index in [0.29, 0.717) is 11.4 Å². The van der Waals surface area contributed by atoms with E-state index in [1.165, 1.54) is 20.1 Å². The lowest BCUT2D eigenvalue weighted by Crippen LogP contribution is -2.43. The van der Waals surface area contributed by atoms with Crippen molar-refractivity contribution >= 4 is 35.4 Å². The first-order chi connectivity index (χ1) is 11.4. The van der Waals surface area contributed by atoms with Gasteiger partial charge in [-0.15, -0.1) is 0 Å². The molecule has 0 atom stereocenters. The SMILES string of the molecule is COC(=O)NC(=Nc1cc(OC)ccc1NC(C)=O)NC(=O)OC. The maximum absolute atomic E-state index is 11.4. The van der Waals surface area contributed by atoms with Gasteiger partial charge in [0.25, 0.3) is 0 Å². The number of anilines is 1. The summed E-state index contributed by atoms with van der Waals surface area (Å²) in [5.74, 6) is -0.119. The van der Waals surface area contributed by atoms with E-state index in [9.17, 15) is 14.4 Å². The fourth-order valence-electron chi connectivity index (χ4n) is 1.53. The number of benzene rings is 1. The third-order valence-electron chi connectivity index (χ3n) is 2.56. The predicted octanol–water partition coefficient (Wildman–Crippen LogP) is 1.35. The minimum atomic E-state index is -0.853. The highest BCUT2D eigenvalue weighted by Gasteiger charge is 2.13. The Bertz CT molecular complexity index is 639.